The third-order valence-electron chi connectivity index (χ3n) is 16.8. The fourth-order valence-corrected chi connectivity index (χ4v) is 13.5. The predicted molar refractivity (Wildman–Crippen MR) is 315 cm³/mol. The Bertz CT molecular complexity index is 4220. The lowest BCUT2D eigenvalue weighted by Crippen LogP contribution is -2.22. The average molecular weight is 1140 g/mol. The Hall–Kier alpha value is -11.1. The van der Waals surface area contributed by atoms with E-state index in [-0.39, 0.29) is 91.8 Å². The molecule has 0 radical (unpaired) electrons. The number of phenolic OH excluding ortho intramolecular Hbond substituents is 13. The Labute approximate surface area is 485 Å². The summed E-state index contributed by atoms with van der Waals surface area (Å²) < 4.78 is 13.8. The van der Waals surface area contributed by atoms with E-state index < -0.39 is 47.7 Å². The molecule has 85 heavy (non-hydrogen) atoms. The van der Waals surface area contributed by atoms with Gasteiger partial charge in [-0.25, -0.2) is 0 Å². The molecule has 1 aliphatic carbocycles. The van der Waals surface area contributed by atoms with E-state index in [4.69, 9.17) is 9.47 Å². The molecule has 13 rings (SSSR count). The summed E-state index contributed by atoms with van der Waals surface area (Å²) in [5, 5.41) is 148. The predicted octanol–water partition coefficient (Wildman–Crippen LogP) is 13.4. The zero-order chi connectivity index (χ0) is 59.1. The van der Waals surface area contributed by atoms with E-state index in [2.05, 4.69) is 0 Å². The molecule has 0 unspecified atom stereocenters. The Morgan fingerprint density at radius 2 is 0.741 bits per heavy atom. The molecule has 2 heterocycles. The number of ether oxygens (including phenoxy) is 2. The standard InChI is InChI=1S/C70H54O15/c71-41-12-1-34(2-13-41)3-22-52-63(56(83)33-58-65(52)61(39-23-46(76)27-47(77)24-39)69(85-58)37-8-18-44(74)19-9-37)59(35-4-14-42(72)15-5-35)67-53-29-50(80)31-55(82)64(53)60(36-6-16-43(73)17-7-36)68(67)54-30-51(81)32-57-66(54)62(40-25-48(78)28-49(79)26-40)70(84-57)38-10-20-45(75)21-11-38/h1-33,59-62,67-83H/t59-,60-,61+,62+,67-,68+,69-,70-/m0/s1. The number of fused-ring (bicyclic) bond motifs is 3. The summed E-state index contributed by atoms with van der Waals surface area (Å²) in [6.07, 6.45) is 1.73. The highest BCUT2D eigenvalue weighted by Gasteiger charge is 2.53. The number of hydrogen-bond acceptors (Lipinski definition) is 15. The molecular formula is C70H54O15. The van der Waals surface area contributed by atoms with Crippen LogP contribution in [0.3, 0.4) is 0 Å². The van der Waals surface area contributed by atoms with E-state index in [0.717, 1.165) is 0 Å². The zero-order valence-electron chi connectivity index (χ0n) is 44.8. The Balaban J connectivity index is 1.15. The van der Waals surface area contributed by atoms with Crippen LogP contribution in [0.4, 0.5) is 0 Å². The molecule has 10 aromatic carbocycles. The van der Waals surface area contributed by atoms with Crippen LogP contribution in [0.1, 0.15) is 126 Å². The highest BCUT2D eigenvalue weighted by molar-refractivity contribution is 5.80. The first-order valence-electron chi connectivity index (χ1n) is 27.3. The van der Waals surface area contributed by atoms with Gasteiger partial charge in [-0.05, 0) is 153 Å². The first-order chi connectivity index (χ1) is 40.9. The van der Waals surface area contributed by atoms with Crippen LogP contribution in [-0.4, -0.2) is 66.4 Å². The third kappa shape index (κ3) is 9.56. The van der Waals surface area contributed by atoms with E-state index in [1.807, 2.05) is 0 Å². The maximum absolute atomic E-state index is 13.4. The summed E-state index contributed by atoms with van der Waals surface area (Å²) in [5.41, 5.74) is 6.38. The van der Waals surface area contributed by atoms with Crippen molar-refractivity contribution in [1.29, 1.82) is 0 Å². The first-order valence-corrected chi connectivity index (χ1v) is 27.3. The smallest absolute Gasteiger partial charge is 0.135 e. The van der Waals surface area contributed by atoms with Crippen molar-refractivity contribution < 1.29 is 75.9 Å². The van der Waals surface area contributed by atoms with E-state index in [9.17, 15) is 66.4 Å². The topological polar surface area (TPSA) is 281 Å². The number of aromatic hydroxyl groups is 13. The van der Waals surface area contributed by atoms with Gasteiger partial charge in [0.2, 0.25) is 0 Å². The van der Waals surface area contributed by atoms with E-state index in [0.29, 0.717) is 72.3 Å². The second-order valence-electron chi connectivity index (χ2n) is 21.9. The van der Waals surface area contributed by atoms with E-state index in [1.54, 1.807) is 84.9 Å². The number of phenols is 13. The van der Waals surface area contributed by atoms with Gasteiger partial charge in [-0.15, -0.1) is 0 Å². The van der Waals surface area contributed by atoms with Crippen molar-refractivity contribution in [2.45, 2.75) is 47.7 Å². The first kappa shape index (κ1) is 53.3. The maximum Gasteiger partial charge on any atom is 0.135 e. The molecule has 0 amide bonds. The molecule has 10 aromatic rings. The van der Waals surface area contributed by atoms with E-state index in [1.165, 1.54) is 115 Å². The Morgan fingerprint density at radius 3 is 1.26 bits per heavy atom. The summed E-state index contributed by atoms with van der Waals surface area (Å²) in [6, 6.07) is 47.7. The highest BCUT2D eigenvalue weighted by atomic mass is 16.5. The quantitative estimate of drug-likeness (QED) is 0.0536. The molecule has 0 saturated heterocycles. The molecule has 2 aliphatic heterocycles. The minimum absolute atomic E-state index is 0.0133. The summed E-state index contributed by atoms with van der Waals surface area (Å²) in [6.45, 7) is 0. The fraction of sp³-hybridized carbons (Fsp3) is 0.114. The number of benzene rings is 10. The number of rotatable bonds is 11. The summed E-state index contributed by atoms with van der Waals surface area (Å²) in [7, 11) is 0. The SMILES string of the molecule is Oc1ccc(C=Cc2c([C@H](c3ccc(O)cc3)[C@@H]3c4cc(O)cc(O)c4[C@H](c4ccc(O)cc4)[C@H]3c3cc(O)cc4c3[C@@H](c3cc(O)cc(O)c3)[C@H](c3ccc(O)cc3)O4)c(O)cc3c2[C@@H](c2cc(O)cc(O)c2)[C@H](c2ccc(O)cc2)O3)cc1. The molecule has 3 aliphatic rings. The van der Waals surface area contributed by atoms with Crippen molar-refractivity contribution >= 4 is 12.2 Å². The molecule has 0 saturated carbocycles. The summed E-state index contributed by atoms with van der Waals surface area (Å²) in [5.74, 6) is -7.85. The molecule has 15 nitrogen and oxygen atoms in total. The maximum atomic E-state index is 13.4. The van der Waals surface area contributed by atoms with Gasteiger partial charge >= 0.3 is 0 Å². The van der Waals surface area contributed by atoms with Crippen molar-refractivity contribution in [3.8, 4) is 86.2 Å². The largest absolute Gasteiger partial charge is 0.508 e. The highest BCUT2D eigenvalue weighted by Crippen LogP contribution is 2.68. The van der Waals surface area contributed by atoms with Gasteiger partial charge in [0.25, 0.3) is 0 Å². The lowest BCUT2D eigenvalue weighted by atomic mass is 9.66. The van der Waals surface area contributed by atoms with Gasteiger partial charge in [0.05, 0.1) is 11.8 Å². The fourth-order valence-electron chi connectivity index (χ4n) is 13.5. The van der Waals surface area contributed by atoms with Crippen LogP contribution in [0.15, 0.2) is 188 Å². The van der Waals surface area contributed by atoms with Crippen LogP contribution in [-0.2, 0) is 0 Å². The van der Waals surface area contributed by atoms with Gasteiger partial charge in [0.1, 0.15) is 98.5 Å². The monoisotopic (exact) mass is 1130 g/mol. The van der Waals surface area contributed by atoms with Gasteiger partial charge in [0.15, 0.2) is 0 Å². The van der Waals surface area contributed by atoms with Gasteiger partial charge in [-0.2, -0.15) is 0 Å². The molecule has 0 bridgehead atoms. The van der Waals surface area contributed by atoms with Crippen LogP contribution in [0.25, 0.3) is 12.2 Å². The summed E-state index contributed by atoms with van der Waals surface area (Å²) >= 11 is 0. The van der Waals surface area contributed by atoms with Crippen molar-refractivity contribution in [3.63, 3.8) is 0 Å². The summed E-state index contributed by atoms with van der Waals surface area (Å²) in [4.78, 5) is 0. The van der Waals surface area contributed by atoms with Gasteiger partial charge in [-0.3, -0.25) is 0 Å². The third-order valence-corrected chi connectivity index (χ3v) is 16.8. The van der Waals surface area contributed by atoms with Gasteiger partial charge < -0.3 is 75.9 Å². The van der Waals surface area contributed by atoms with Crippen LogP contribution < -0.4 is 9.47 Å². The second-order valence-corrected chi connectivity index (χ2v) is 21.9. The van der Waals surface area contributed by atoms with Crippen LogP contribution in [0.2, 0.25) is 0 Å². The lowest BCUT2D eigenvalue weighted by Gasteiger charge is -2.36. The Morgan fingerprint density at radius 1 is 0.318 bits per heavy atom. The van der Waals surface area contributed by atoms with Gasteiger partial charge in [0, 0.05) is 76.3 Å². The van der Waals surface area contributed by atoms with Crippen molar-refractivity contribution in [2.24, 2.45) is 0 Å². The van der Waals surface area contributed by atoms with Crippen LogP contribution >= 0.6 is 0 Å². The normalized spacial score (nSPS) is 19.6. The molecule has 424 valence electrons. The van der Waals surface area contributed by atoms with Crippen LogP contribution in [0, 0.1) is 0 Å². The number of hydrogen-bond donors (Lipinski definition) is 13. The van der Waals surface area contributed by atoms with Crippen molar-refractivity contribution in [2.75, 3.05) is 0 Å². The minimum atomic E-state index is -1.13. The molecule has 0 aromatic heterocycles. The molecule has 0 spiro atoms. The van der Waals surface area contributed by atoms with E-state index >= 15 is 0 Å². The molecule has 0 fully saturated rings. The van der Waals surface area contributed by atoms with Crippen molar-refractivity contribution in [3.05, 3.63) is 266 Å². The minimum Gasteiger partial charge on any atom is -0.508 e. The average Bonchev–Trinajstić information content (AvgIpc) is 1.69. The Kier molecular flexibility index (Phi) is 13.0. The molecule has 15 heteroatoms. The van der Waals surface area contributed by atoms with Crippen molar-refractivity contribution in [1.82, 2.24) is 0 Å². The molecule has 8 atom stereocenters. The van der Waals surface area contributed by atoms with Crippen LogP contribution in [0.5, 0.6) is 86.2 Å². The molecular weight excluding hydrogens is 1080 g/mol. The zero-order valence-corrected chi connectivity index (χ0v) is 44.8. The lowest BCUT2D eigenvalue weighted by molar-refractivity contribution is 0.221. The molecule has 13 N–H and O–H groups in total. The van der Waals surface area contributed by atoms with Gasteiger partial charge in [-0.1, -0.05) is 72.8 Å². The second kappa shape index (κ2) is 20.7.